The van der Waals surface area contributed by atoms with Gasteiger partial charge < -0.3 is 0 Å². The van der Waals surface area contributed by atoms with Crippen molar-refractivity contribution in [3.8, 4) is 6.07 Å². The third-order valence-electron chi connectivity index (χ3n) is 2.68. The average Bonchev–Trinajstić information content (AvgIpc) is 2.46. The van der Waals surface area contributed by atoms with E-state index in [9.17, 15) is 9.18 Å². The molecule has 2 aromatic rings. The molecule has 0 saturated heterocycles. The van der Waals surface area contributed by atoms with E-state index in [1.54, 1.807) is 36.4 Å². The number of nitrogens with zero attached hydrogens (tertiary/aromatic N) is 1. The molecule has 2 nitrogen and oxygen atoms in total. The summed E-state index contributed by atoms with van der Waals surface area (Å²) >= 11 is 3.17. The molecule has 0 aliphatic carbocycles. The summed E-state index contributed by atoms with van der Waals surface area (Å²) in [5.74, 6) is -0.639. The highest BCUT2D eigenvalue weighted by molar-refractivity contribution is 9.10. The Morgan fingerprint density at radius 1 is 1.20 bits per heavy atom. The lowest BCUT2D eigenvalue weighted by Crippen LogP contribution is -1.94. The van der Waals surface area contributed by atoms with Gasteiger partial charge in [-0.25, -0.2) is 4.39 Å². The first-order chi connectivity index (χ1) is 9.60. The summed E-state index contributed by atoms with van der Waals surface area (Å²) in [6.45, 7) is 0. The maximum absolute atomic E-state index is 13.6. The zero-order valence-corrected chi connectivity index (χ0v) is 11.9. The number of allylic oxidation sites excluding steroid dienone is 1. The van der Waals surface area contributed by atoms with Gasteiger partial charge >= 0.3 is 0 Å². The van der Waals surface area contributed by atoms with Crippen LogP contribution in [0.2, 0.25) is 0 Å². The molecule has 0 spiro atoms. The second-order valence-corrected chi connectivity index (χ2v) is 4.97. The van der Waals surface area contributed by atoms with Crippen LogP contribution in [0.4, 0.5) is 4.39 Å². The van der Waals surface area contributed by atoms with E-state index in [0.717, 1.165) is 0 Å². The topological polar surface area (TPSA) is 40.9 Å². The van der Waals surface area contributed by atoms with Gasteiger partial charge in [0.25, 0.3) is 0 Å². The highest BCUT2D eigenvalue weighted by Crippen LogP contribution is 2.16. The Bertz CT molecular complexity index is 714. The molecular weight excluding hydrogens is 321 g/mol. The minimum absolute atomic E-state index is 0.239. The third-order valence-corrected chi connectivity index (χ3v) is 3.17. The fraction of sp³-hybridized carbons (Fsp3) is 0. The lowest BCUT2D eigenvalue weighted by Gasteiger charge is -1.98. The second kappa shape index (κ2) is 6.27. The predicted octanol–water partition coefficient (Wildman–Crippen LogP) is 4.36. The highest BCUT2D eigenvalue weighted by atomic mass is 79.9. The molecule has 0 amide bonds. The number of benzene rings is 2. The molecule has 0 fully saturated rings. The Balaban J connectivity index is 2.18. The summed E-state index contributed by atoms with van der Waals surface area (Å²) in [7, 11) is 0. The Morgan fingerprint density at radius 3 is 2.50 bits per heavy atom. The maximum Gasteiger partial charge on any atom is 0.185 e. The number of nitriles is 1. The lowest BCUT2D eigenvalue weighted by molar-refractivity contribution is 0.104. The van der Waals surface area contributed by atoms with Gasteiger partial charge in [0, 0.05) is 15.6 Å². The van der Waals surface area contributed by atoms with E-state index in [2.05, 4.69) is 15.9 Å². The quantitative estimate of drug-likeness (QED) is 0.620. The maximum atomic E-state index is 13.6. The van der Waals surface area contributed by atoms with E-state index in [-0.39, 0.29) is 5.78 Å². The van der Waals surface area contributed by atoms with Crippen molar-refractivity contribution in [3.05, 3.63) is 75.5 Å². The van der Waals surface area contributed by atoms with Gasteiger partial charge in [-0.15, -0.1) is 0 Å². The fourth-order valence-electron chi connectivity index (χ4n) is 1.61. The Labute approximate surface area is 124 Å². The molecule has 0 aliphatic rings. The van der Waals surface area contributed by atoms with Crippen molar-refractivity contribution < 1.29 is 9.18 Å². The third kappa shape index (κ3) is 3.40. The molecule has 0 aromatic heterocycles. The SMILES string of the molecule is N#Cc1ccc(C(=O)/C=C/c2ccc(Br)cc2F)cc1. The van der Waals surface area contributed by atoms with Crippen molar-refractivity contribution in [1.29, 1.82) is 5.26 Å². The van der Waals surface area contributed by atoms with Gasteiger partial charge in [0.15, 0.2) is 5.78 Å². The molecule has 0 aliphatic heterocycles. The number of hydrogen-bond acceptors (Lipinski definition) is 2. The number of ketones is 1. The van der Waals surface area contributed by atoms with E-state index in [1.165, 1.54) is 18.2 Å². The number of carbonyl (C=O) groups is 1. The fourth-order valence-corrected chi connectivity index (χ4v) is 1.94. The van der Waals surface area contributed by atoms with Crippen molar-refractivity contribution in [2.45, 2.75) is 0 Å². The average molecular weight is 330 g/mol. The van der Waals surface area contributed by atoms with Crippen molar-refractivity contribution in [2.75, 3.05) is 0 Å². The molecule has 0 saturated carbocycles. The van der Waals surface area contributed by atoms with Crippen molar-refractivity contribution >= 4 is 27.8 Å². The van der Waals surface area contributed by atoms with E-state index < -0.39 is 5.82 Å². The van der Waals surface area contributed by atoms with E-state index in [1.807, 2.05) is 6.07 Å². The van der Waals surface area contributed by atoms with Crippen LogP contribution in [0.5, 0.6) is 0 Å². The van der Waals surface area contributed by atoms with Gasteiger partial charge in [0.05, 0.1) is 11.6 Å². The van der Waals surface area contributed by atoms with E-state index in [4.69, 9.17) is 5.26 Å². The largest absolute Gasteiger partial charge is 0.289 e. The predicted molar refractivity (Wildman–Crippen MR) is 78.6 cm³/mol. The van der Waals surface area contributed by atoms with Crippen molar-refractivity contribution in [2.24, 2.45) is 0 Å². The lowest BCUT2D eigenvalue weighted by atomic mass is 10.1. The normalized spacial score (nSPS) is 10.4. The molecule has 0 atom stereocenters. The minimum atomic E-state index is -0.400. The highest BCUT2D eigenvalue weighted by Gasteiger charge is 2.03. The Morgan fingerprint density at radius 2 is 1.90 bits per heavy atom. The molecule has 2 rings (SSSR count). The molecule has 0 unspecified atom stereocenters. The van der Waals surface area contributed by atoms with Gasteiger partial charge in [0.2, 0.25) is 0 Å². The standard InChI is InChI=1S/C16H9BrFNO/c17-14-7-5-12(15(18)9-14)6-8-16(20)13-3-1-11(10-19)2-4-13/h1-9H/b8-6+. The molecule has 0 bridgehead atoms. The van der Waals surface area contributed by atoms with Crippen molar-refractivity contribution in [1.82, 2.24) is 0 Å². The Hall–Kier alpha value is -2.25. The van der Waals surface area contributed by atoms with E-state index in [0.29, 0.717) is 21.2 Å². The summed E-state index contributed by atoms with van der Waals surface area (Å²) in [5.41, 5.74) is 1.29. The van der Waals surface area contributed by atoms with Gasteiger partial charge in [-0.05, 0) is 48.6 Å². The molecular formula is C16H9BrFNO. The van der Waals surface area contributed by atoms with Crippen LogP contribution in [-0.2, 0) is 0 Å². The van der Waals surface area contributed by atoms with Gasteiger partial charge in [-0.1, -0.05) is 22.0 Å². The second-order valence-electron chi connectivity index (χ2n) is 4.05. The molecule has 0 N–H and O–H groups in total. The van der Waals surface area contributed by atoms with Crippen LogP contribution in [0, 0.1) is 17.1 Å². The first-order valence-electron chi connectivity index (χ1n) is 5.78. The number of halogens is 2. The molecule has 0 radical (unpaired) electrons. The summed E-state index contributed by atoms with van der Waals surface area (Å²) in [4.78, 5) is 11.9. The van der Waals surface area contributed by atoms with Crippen LogP contribution < -0.4 is 0 Å². The van der Waals surface area contributed by atoms with Crippen LogP contribution in [0.15, 0.2) is 53.0 Å². The summed E-state index contributed by atoms with van der Waals surface area (Å²) < 4.78 is 14.2. The molecule has 2 aromatic carbocycles. The van der Waals surface area contributed by atoms with Crippen molar-refractivity contribution in [3.63, 3.8) is 0 Å². The monoisotopic (exact) mass is 329 g/mol. The first-order valence-corrected chi connectivity index (χ1v) is 6.57. The van der Waals surface area contributed by atoms with Gasteiger partial charge in [-0.2, -0.15) is 5.26 Å². The Kier molecular flexibility index (Phi) is 4.44. The first kappa shape index (κ1) is 14.2. The van der Waals surface area contributed by atoms with Crippen LogP contribution in [0.3, 0.4) is 0 Å². The van der Waals surface area contributed by atoms with Crippen LogP contribution in [0.1, 0.15) is 21.5 Å². The van der Waals surface area contributed by atoms with Gasteiger partial charge in [0.1, 0.15) is 5.82 Å². The van der Waals surface area contributed by atoms with Gasteiger partial charge in [-0.3, -0.25) is 4.79 Å². The number of rotatable bonds is 3. The molecule has 98 valence electrons. The number of carbonyl (C=O) groups excluding carboxylic acids is 1. The minimum Gasteiger partial charge on any atom is -0.289 e. The zero-order chi connectivity index (χ0) is 14.5. The number of hydrogen-bond donors (Lipinski definition) is 0. The smallest absolute Gasteiger partial charge is 0.185 e. The van der Waals surface area contributed by atoms with E-state index >= 15 is 0 Å². The molecule has 4 heteroatoms. The molecule has 0 heterocycles. The van der Waals surface area contributed by atoms with Crippen LogP contribution in [-0.4, -0.2) is 5.78 Å². The zero-order valence-electron chi connectivity index (χ0n) is 10.3. The summed E-state index contributed by atoms with van der Waals surface area (Å²) in [6.07, 6.45) is 2.75. The van der Waals surface area contributed by atoms with Crippen LogP contribution >= 0.6 is 15.9 Å². The van der Waals surface area contributed by atoms with Crippen LogP contribution in [0.25, 0.3) is 6.08 Å². The summed E-state index contributed by atoms with van der Waals surface area (Å²) in [6, 6.07) is 12.9. The summed E-state index contributed by atoms with van der Waals surface area (Å²) in [5, 5.41) is 8.68. The molecule has 20 heavy (non-hydrogen) atoms.